The van der Waals surface area contributed by atoms with Gasteiger partial charge >= 0.3 is 0 Å². The molecule has 6 saturated carbocycles. The number of ether oxygens (including phenoxy) is 2. The maximum Gasteiger partial charge on any atom is 0.124 e. The molecule has 6 nitrogen and oxygen atoms in total. The molecular formula is C59H85N3O3. The van der Waals surface area contributed by atoms with Crippen LogP contribution in [0.1, 0.15) is 164 Å². The Labute approximate surface area is 394 Å². The number of piperidine rings is 3. The number of rotatable bonds is 9. The van der Waals surface area contributed by atoms with Crippen LogP contribution in [0.5, 0.6) is 11.5 Å². The van der Waals surface area contributed by atoms with E-state index in [1.807, 2.05) is 24.3 Å². The average molecular weight is 884 g/mol. The molecule has 3 saturated heterocycles. The van der Waals surface area contributed by atoms with Crippen LogP contribution >= 0.6 is 0 Å². The Morgan fingerprint density at radius 1 is 0.508 bits per heavy atom. The Bertz CT molecular complexity index is 1990. The first-order chi connectivity index (χ1) is 31.7. The van der Waals surface area contributed by atoms with E-state index in [2.05, 4.69) is 84.0 Å². The number of methoxy groups -OCH3 is 1. The summed E-state index contributed by atoms with van der Waals surface area (Å²) in [6.45, 7) is 13.8. The lowest BCUT2D eigenvalue weighted by Gasteiger charge is -2.43. The maximum absolute atomic E-state index is 11.1. The molecule has 354 valence electrons. The minimum absolute atomic E-state index is 0.255. The highest BCUT2D eigenvalue weighted by atomic mass is 16.5. The zero-order chi connectivity index (χ0) is 44.5. The van der Waals surface area contributed by atoms with E-state index in [4.69, 9.17) is 9.47 Å². The Morgan fingerprint density at radius 3 is 1.38 bits per heavy atom. The van der Waals surface area contributed by atoms with Crippen LogP contribution in [0, 0.1) is 42.4 Å². The molecule has 9 fully saturated rings. The number of aryl methyl sites for hydroxylation is 1. The number of nitrogens with zero attached hydrogens (tertiary/aromatic N) is 3. The van der Waals surface area contributed by atoms with E-state index in [1.54, 1.807) is 19.1 Å². The zero-order valence-corrected chi connectivity index (χ0v) is 40.9. The second-order valence-corrected chi connectivity index (χ2v) is 23.2. The van der Waals surface area contributed by atoms with E-state index in [9.17, 15) is 5.11 Å². The quantitative estimate of drug-likeness (QED) is 0.231. The Morgan fingerprint density at radius 2 is 0.938 bits per heavy atom. The number of benzene rings is 3. The number of hydrogen-bond acceptors (Lipinski definition) is 6. The number of likely N-dealkylation sites (tertiary alicyclic amines) is 3. The van der Waals surface area contributed by atoms with Crippen LogP contribution in [0.3, 0.4) is 0 Å². The van der Waals surface area contributed by atoms with Crippen molar-refractivity contribution >= 4 is 0 Å². The highest BCUT2D eigenvalue weighted by Crippen LogP contribution is 2.51. The first-order valence-electron chi connectivity index (χ1n) is 27.1. The zero-order valence-electron chi connectivity index (χ0n) is 40.9. The fraction of sp³-hybridized carbons (Fsp3) is 0.695. The summed E-state index contributed by atoms with van der Waals surface area (Å²) in [5, 5.41) is 11.1. The van der Waals surface area contributed by atoms with Crippen LogP contribution in [0.2, 0.25) is 0 Å². The van der Waals surface area contributed by atoms with Crippen molar-refractivity contribution in [1.29, 1.82) is 0 Å². The molecule has 0 amide bonds. The third-order valence-electron chi connectivity index (χ3n) is 19.2. The van der Waals surface area contributed by atoms with E-state index in [0.29, 0.717) is 5.92 Å². The van der Waals surface area contributed by atoms with Gasteiger partial charge in [-0.15, -0.1) is 0 Å². The van der Waals surface area contributed by atoms with Crippen molar-refractivity contribution in [2.75, 3.05) is 46.4 Å². The van der Waals surface area contributed by atoms with Gasteiger partial charge in [0.05, 0.1) is 18.8 Å². The van der Waals surface area contributed by atoms with Crippen molar-refractivity contribution in [2.45, 2.75) is 178 Å². The standard InChI is InChI=1S/C21H31NO.C19H27NO2.C19H27N/c1-15(2)23-21-6-4-3-5-19(21)17-9-11-22(12-10-17)20-14-16-7-8-18(20)13-16;1-22-18-5-3-2-4-16(18)19(21)8-10-20(11-9-19)17-13-14-6-7-15(17)12-14;1-14-4-2-3-5-18(14)16-8-10-20(11-9-16)19-13-15-6-7-17(19)12-15/h3-6,15-18,20H,7-14H2,1-2H3;2-5,14-15,17,21H,6-13H2,1H3;2-5,15-17,19H,6-13H2,1H3/t16-,18-,20-;;15-,17-,19-/m0.0/s1. The van der Waals surface area contributed by atoms with Gasteiger partial charge in [0.15, 0.2) is 0 Å². The van der Waals surface area contributed by atoms with E-state index >= 15 is 0 Å². The summed E-state index contributed by atoms with van der Waals surface area (Å²) in [7, 11) is 1.69. The van der Waals surface area contributed by atoms with E-state index in [0.717, 1.165) is 103 Å². The molecule has 9 atom stereocenters. The number of fused-ring (bicyclic) bond motifs is 6. The second-order valence-electron chi connectivity index (χ2n) is 23.2. The topological polar surface area (TPSA) is 48.4 Å². The summed E-state index contributed by atoms with van der Waals surface area (Å²) >= 11 is 0. The second kappa shape index (κ2) is 20.4. The molecule has 1 N–H and O–H groups in total. The number of para-hydroxylation sites is 2. The van der Waals surface area contributed by atoms with Gasteiger partial charge in [0.25, 0.3) is 0 Å². The van der Waals surface area contributed by atoms with Crippen molar-refractivity contribution < 1.29 is 14.6 Å². The Kier molecular flexibility index (Phi) is 14.4. The molecule has 9 aliphatic rings. The molecule has 3 heterocycles. The number of aliphatic hydroxyl groups is 1. The highest BCUT2D eigenvalue weighted by molar-refractivity contribution is 5.39. The lowest BCUT2D eigenvalue weighted by Crippen LogP contribution is -2.48. The summed E-state index contributed by atoms with van der Waals surface area (Å²) in [6, 6.07) is 28.3. The Hall–Kier alpha value is -2.90. The average Bonchev–Trinajstić information content (AvgIpc) is 4.24. The lowest BCUT2D eigenvalue weighted by atomic mass is 9.82. The lowest BCUT2D eigenvalue weighted by molar-refractivity contribution is -0.0426. The third kappa shape index (κ3) is 10.1. The minimum atomic E-state index is -0.722. The van der Waals surface area contributed by atoms with Crippen LogP contribution in [-0.2, 0) is 5.60 Å². The normalized spacial score (nSPS) is 33.5. The summed E-state index contributed by atoms with van der Waals surface area (Å²) in [5.74, 6) is 9.56. The van der Waals surface area contributed by atoms with Gasteiger partial charge in [-0.2, -0.15) is 0 Å². The van der Waals surface area contributed by atoms with Crippen LogP contribution in [-0.4, -0.2) is 90.4 Å². The van der Waals surface area contributed by atoms with Crippen molar-refractivity contribution in [3.63, 3.8) is 0 Å². The van der Waals surface area contributed by atoms with Crippen molar-refractivity contribution in [3.8, 4) is 11.5 Å². The number of hydrogen-bond donors (Lipinski definition) is 1. The van der Waals surface area contributed by atoms with Gasteiger partial charge in [0.2, 0.25) is 0 Å². The summed E-state index contributed by atoms with van der Waals surface area (Å²) in [6.07, 6.45) is 25.1. The van der Waals surface area contributed by atoms with Gasteiger partial charge in [0, 0.05) is 36.8 Å². The van der Waals surface area contributed by atoms with Crippen molar-refractivity contribution in [2.24, 2.45) is 35.5 Å². The summed E-state index contributed by atoms with van der Waals surface area (Å²) < 4.78 is 11.5. The predicted octanol–water partition coefficient (Wildman–Crippen LogP) is 12.4. The van der Waals surface area contributed by atoms with Crippen LogP contribution in [0.15, 0.2) is 72.8 Å². The fourth-order valence-electron chi connectivity index (χ4n) is 15.8. The molecule has 3 aromatic rings. The van der Waals surface area contributed by atoms with Gasteiger partial charge < -0.3 is 24.4 Å². The van der Waals surface area contributed by atoms with E-state index < -0.39 is 5.60 Å². The van der Waals surface area contributed by atoms with Gasteiger partial charge in [-0.3, -0.25) is 4.90 Å². The van der Waals surface area contributed by atoms with Crippen LogP contribution in [0.4, 0.5) is 0 Å². The SMILES string of the molecule is CC(C)Oc1ccccc1C1CCN([C@H]2C[C@H]3CC[C@H]2C3)CC1.COc1ccccc1C1(O)CCN(C2CC3CCC2C3)CC1.Cc1ccccc1C1CCN([C@H]2C[C@H]3CC[C@H]2C3)CC1. The molecule has 12 rings (SSSR count). The smallest absolute Gasteiger partial charge is 0.124 e. The van der Waals surface area contributed by atoms with Gasteiger partial charge in [0.1, 0.15) is 11.5 Å². The molecule has 3 unspecified atom stereocenters. The minimum Gasteiger partial charge on any atom is -0.496 e. The van der Waals surface area contributed by atoms with E-state index in [1.165, 1.54) is 134 Å². The first-order valence-corrected chi connectivity index (χ1v) is 27.1. The molecule has 0 radical (unpaired) electrons. The molecule has 3 aliphatic heterocycles. The summed E-state index contributed by atoms with van der Waals surface area (Å²) in [4.78, 5) is 8.33. The molecule has 6 bridgehead atoms. The van der Waals surface area contributed by atoms with Gasteiger partial charge in [-0.25, -0.2) is 0 Å². The molecule has 3 aromatic carbocycles. The molecule has 6 aliphatic carbocycles. The third-order valence-corrected chi connectivity index (χ3v) is 19.2. The highest BCUT2D eigenvalue weighted by Gasteiger charge is 2.46. The van der Waals surface area contributed by atoms with Crippen LogP contribution < -0.4 is 9.47 Å². The van der Waals surface area contributed by atoms with Gasteiger partial charge in [-0.1, -0.05) is 79.9 Å². The fourth-order valence-corrected chi connectivity index (χ4v) is 15.8. The van der Waals surface area contributed by atoms with Crippen molar-refractivity contribution in [1.82, 2.24) is 14.7 Å². The molecule has 0 spiro atoms. The predicted molar refractivity (Wildman–Crippen MR) is 266 cm³/mol. The van der Waals surface area contributed by atoms with Crippen molar-refractivity contribution in [3.05, 3.63) is 95.1 Å². The van der Waals surface area contributed by atoms with Gasteiger partial charge in [-0.05, 0) is 219 Å². The van der Waals surface area contributed by atoms with E-state index in [-0.39, 0.29) is 6.10 Å². The monoisotopic (exact) mass is 884 g/mol. The summed E-state index contributed by atoms with van der Waals surface area (Å²) in [5.41, 5.74) is 4.78. The largest absolute Gasteiger partial charge is 0.496 e. The van der Waals surface area contributed by atoms with Crippen LogP contribution in [0.25, 0.3) is 0 Å². The maximum atomic E-state index is 11.1. The molecular weight excluding hydrogens is 799 g/mol. The molecule has 65 heavy (non-hydrogen) atoms. The first kappa shape index (κ1) is 45.9. The molecule has 6 heteroatoms. The Balaban J connectivity index is 0.000000115. The molecule has 0 aromatic heterocycles.